The Hall–Kier alpha value is -2.83. The summed E-state index contributed by atoms with van der Waals surface area (Å²) in [5.74, 6) is -7.00. The maximum absolute atomic E-state index is 14.9. The van der Waals surface area contributed by atoms with Gasteiger partial charge in [0.15, 0.2) is 0 Å². The lowest BCUT2D eigenvalue weighted by atomic mass is 9.95. The fourth-order valence-corrected chi connectivity index (χ4v) is 3.66. The highest BCUT2D eigenvalue weighted by Gasteiger charge is 2.41. The van der Waals surface area contributed by atoms with Crippen molar-refractivity contribution in [1.82, 2.24) is 10.6 Å². The zero-order valence-electron chi connectivity index (χ0n) is 19.0. The molecule has 0 saturated heterocycles. The maximum atomic E-state index is 14.9. The molecule has 0 radical (unpaired) electrons. The molecule has 0 heterocycles. The van der Waals surface area contributed by atoms with E-state index in [1.165, 1.54) is 6.92 Å². The van der Waals surface area contributed by atoms with E-state index in [1.807, 2.05) is 5.32 Å². The van der Waals surface area contributed by atoms with Crippen molar-refractivity contribution in [3.05, 3.63) is 73.7 Å². The molecule has 5 nitrogen and oxygen atoms in total. The van der Waals surface area contributed by atoms with E-state index in [0.29, 0.717) is 12.1 Å². The van der Waals surface area contributed by atoms with Crippen LogP contribution in [0.25, 0.3) is 5.83 Å². The molecule has 0 spiro atoms. The number of hydrogen-bond acceptors (Lipinski definition) is 3. The molecular formula is C23H16Cl3F7N2O3. The molecule has 0 aliphatic carbocycles. The fraction of sp³-hybridized carbons (Fsp3) is 0.261. The SMILES string of the molecule is CC(=O)CNC(=O)CNC(=O)c1ccc(/C(F)=C/C(c2cc(Cl)c(Cl)c(Cl)c2)C(F)(F)F)cc1C(F)(F)F. The van der Waals surface area contributed by atoms with Gasteiger partial charge in [0.25, 0.3) is 5.91 Å². The summed E-state index contributed by atoms with van der Waals surface area (Å²) in [7, 11) is 0. The lowest BCUT2D eigenvalue weighted by molar-refractivity contribution is -0.140. The summed E-state index contributed by atoms with van der Waals surface area (Å²) in [6.07, 6.45) is -10.3. The van der Waals surface area contributed by atoms with Crippen molar-refractivity contribution in [3.63, 3.8) is 0 Å². The highest BCUT2D eigenvalue weighted by atomic mass is 35.5. The molecule has 0 bridgehead atoms. The summed E-state index contributed by atoms with van der Waals surface area (Å²) in [6, 6.07) is 2.96. The van der Waals surface area contributed by atoms with Gasteiger partial charge in [0, 0.05) is 5.56 Å². The Kier molecular flexibility index (Phi) is 10.2. The van der Waals surface area contributed by atoms with Crippen molar-refractivity contribution < 1.29 is 45.1 Å². The van der Waals surface area contributed by atoms with Crippen molar-refractivity contribution in [3.8, 4) is 0 Å². The average molecular weight is 608 g/mol. The van der Waals surface area contributed by atoms with E-state index >= 15 is 0 Å². The number of allylic oxidation sites excluding steroid dienone is 1. The van der Waals surface area contributed by atoms with E-state index in [-0.39, 0.29) is 33.8 Å². The topological polar surface area (TPSA) is 75.3 Å². The third kappa shape index (κ3) is 8.34. The highest BCUT2D eigenvalue weighted by Crippen LogP contribution is 2.42. The predicted octanol–water partition coefficient (Wildman–Crippen LogP) is 6.76. The smallest absolute Gasteiger partial charge is 0.348 e. The van der Waals surface area contributed by atoms with Crippen LogP contribution in [0, 0.1) is 0 Å². The van der Waals surface area contributed by atoms with Crippen molar-refractivity contribution in [2.45, 2.75) is 25.2 Å². The second-order valence-electron chi connectivity index (χ2n) is 7.75. The molecule has 2 aromatic rings. The lowest BCUT2D eigenvalue weighted by Gasteiger charge is -2.19. The molecule has 0 aliphatic heterocycles. The zero-order valence-corrected chi connectivity index (χ0v) is 21.2. The number of hydrogen-bond donors (Lipinski definition) is 2. The largest absolute Gasteiger partial charge is 0.417 e. The molecule has 206 valence electrons. The standard InChI is InChI=1S/C23H16Cl3F7N2O3/c1-10(36)8-34-19(37)9-35-21(38)13-3-2-11(4-15(13)23(31,32)33)18(27)7-14(22(28,29)30)12-5-16(24)20(26)17(25)6-12/h2-7,14H,8-9H2,1H3,(H,34,37)(H,35,38)/b18-7-. The van der Waals surface area contributed by atoms with Crippen LogP contribution in [0.1, 0.15) is 39.9 Å². The zero-order chi connectivity index (χ0) is 29.0. The summed E-state index contributed by atoms with van der Waals surface area (Å²) in [6.45, 7) is 0.0231. The fourth-order valence-electron chi connectivity index (χ4n) is 3.04. The van der Waals surface area contributed by atoms with Crippen molar-refractivity contribution in [2.75, 3.05) is 13.1 Å². The van der Waals surface area contributed by atoms with Crippen LogP contribution in [0.4, 0.5) is 30.7 Å². The number of ketones is 1. The van der Waals surface area contributed by atoms with Crippen molar-refractivity contribution in [2.24, 2.45) is 0 Å². The van der Waals surface area contributed by atoms with Gasteiger partial charge in [-0.05, 0) is 42.8 Å². The van der Waals surface area contributed by atoms with Crippen LogP contribution in [-0.2, 0) is 15.8 Å². The third-order valence-electron chi connectivity index (χ3n) is 4.82. The first kappa shape index (κ1) is 31.4. The summed E-state index contributed by atoms with van der Waals surface area (Å²) >= 11 is 17.2. The van der Waals surface area contributed by atoms with Crippen LogP contribution >= 0.6 is 34.8 Å². The van der Waals surface area contributed by atoms with E-state index < -0.39 is 70.5 Å². The molecule has 0 fully saturated rings. The summed E-state index contributed by atoms with van der Waals surface area (Å²) < 4.78 is 97.0. The number of amides is 2. The second-order valence-corrected chi connectivity index (χ2v) is 8.94. The van der Waals surface area contributed by atoms with Crippen molar-refractivity contribution >= 4 is 58.2 Å². The quantitative estimate of drug-likeness (QED) is 0.257. The summed E-state index contributed by atoms with van der Waals surface area (Å²) in [5, 5.41) is 3.06. The van der Waals surface area contributed by atoms with E-state index in [2.05, 4.69) is 5.32 Å². The van der Waals surface area contributed by atoms with Crippen LogP contribution in [0.15, 0.2) is 36.4 Å². The minimum absolute atomic E-state index is 0.0322. The van der Waals surface area contributed by atoms with Gasteiger partial charge in [-0.25, -0.2) is 4.39 Å². The molecular weight excluding hydrogens is 592 g/mol. The average Bonchev–Trinajstić information content (AvgIpc) is 2.80. The normalized spacial score (nSPS) is 13.2. The molecule has 1 unspecified atom stereocenters. The number of rotatable bonds is 8. The van der Waals surface area contributed by atoms with Gasteiger partial charge in [-0.1, -0.05) is 40.9 Å². The summed E-state index contributed by atoms with van der Waals surface area (Å²) in [4.78, 5) is 34.7. The van der Waals surface area contributed by atoms with Crippen LogP contribution in [0.3, 0.4) is 0 Å². The van der Waals surface area contributed by atoms with Gasteiger partial charge in [-0.15, -0.1) is 0 Å². The number of carbonyl (C=O) groups is 3. The van der Waals surface area contributed by atoms with E-state index in [0.717, 1.165) is 12.1 Å². The van der Waals surface area contributed by atoms with Crippen molar-refractivity contribution in [1.29, 1.82) is 0 Å². The van der Waals surface area contributed by atoms with Gasteiger partial charge in [0.1, 0.15) is 17.5 Å². The Balaban J connectivity index is 2.44. The first-order chi connectivity index (χ1) is 17.4. The van der Waals surface area contributed by atoms with E-state index in [9.17, 15) is 45.1 Å². The molecule has 2 aromatic carbocycles. The number of alkyl halides is 6. The van der Waals surface area contributed by atoms with E-state index in [4.69, 9.17) is 34.8 Å². The number of halogens is 10. The molecule has 1 atom stereocenters. The Labute approximate surface area is 225 Å². The highest BCUT2D eigenvalue weighted by molar-refractivity contribution is 6.48. The van der Waals surface area contributed by atoms with Gasteiger partial charge in [-0.3, -0.25) is 14.4 Å². The second kappa shape index (κ2) is 12.4. The monoisotopic (exact) mass is 606 g/mol. The van der Waals surface area contributed by atoms with Crippen LogP contribution in [-0.4, -0.2) is 36.9 Å². The van der Waals surface area contributed by atoms with Crippen LogP contribution in [0.5, 0.6) is 0 Å². The molecule has 2 amide bonds. The lowest BCUT2D eigenvalue weighted by Crippen LogP contribution is -2.39. The minimum atomic E-state index is -5.22. The summed E-state index contributed by atoms with van der Waals surface area (Å²) in [5.41, 5.74) is -4.21. The van der Waals surface area contributed by atoms with Gasteiger partial charge in [0.2, 0.25) is 5.91 Å². The third-order valence-corrected chi connectivity index (χ3v) is 6.02. The first-order valence-corrected chi connectivity index (χ1v) is 11.4. The molecule has 15 heteroatoms. The molecule has 2 rings (SSSR count). The predicted molar refractivity (Wildman–Crippen MR) is 127 cm³/mol. The Morgan fingerprint density at radius 1 is 0.921 bits per heavy atom. The van der Waals surface area contributed by atoms with Gasteiger partial charge < -0.3 is 10.6 Å². The maximum Gasteiger partial charge on any atom is 0.417 e. The van der Waals surface area contributed by atoms with E-state index in [1.54, 1.807) is 0 Å². The number of nitrogens with one attached hydrogen (secondary N) is 2. The van der Waals surface area contributed by atoms with Crippen LogP contribution in [0.2, 0.25) is 15.1 Å². The molecule has 38 heavy (non-hydrogen) atoms. The Morgan fingerprint density at radius 3 is 2.00 bits per heavy atom. The molecule has 0 aromatic heterocycles. The number of Topliss-reactive ketones (excluding diaryl/α,β-unsaturated/α-hetero) is 1. The molecule has 0 aliphatic rings. The van der Waals surface area contributed by atoms with Gasteiger partial charge >= 0.3 is 12.4 Å². The Morgan fingerprint density at radius 2 is 1.50 bits per heavy atom. The van der Waals surface area contributed by atoms with Gasteiger partial charge in [0.05, 0.1) is 39.3 Å². The first-order valence-electron chi connectivity index (χ1n) is 10.3. The molecule has 0 saturated carbocycles. The number of carbonyl (C=O) groups excluding carboxylic acids is 3. The van der Waals surface area contributed by atoms with Crippen LogP contribution < -0.4 is 10.6 Å². The molecule has 2 N–H and O–H groups in total. The van der Waals surface area contributed by atoms with Gasteiger partial charge in [-0.2, -0.15) is 26.3 Å². The Bertz CT molecular complexity index is 1250. The number of benzene rings is 2. The minimum Gasteiger partial charge on any atom is -0.348 e.